The molecule has 0 aromatic heterocycles. The van der Waals surface area contributed by atoms with Gasteiger partial charge in [-0.3, -0.25) is 0 Å². The first kappa shape index (κ1) is 20.5. The lowest BCUT2D eigenvalue weighted by Crippen LogP contribution is -2.49. The summed E-state index contributed by atoms with van der Waals surface area (Å²) in [5, 5.41) is 6.85. The smallest absolute Gasteiger partial charge is 0.191 e. The number of likely N-dealkylation sites (tertiary alicyclic amines) is 1. The third-order valence-corrected chi connectivity index (χ3v) is 4.45. The molecule has 1 fully saturated rings. The van der Waals surface area contributed by atoms with Crippen molar-refractivity contribution in [2.45, 2.75) is 52.2 Å². The number of nitrogens with one attached hydrogen (secondary N) is 2. The summed E-state index contributed by atoms with van der Waals surface area (Å²) in [7, 11) is 0. The van der Waals surface area contributed by atoms with Crippen LogP contribution >= 0.6 is 0 Å². The van der Waals surface area contributed by atoms with E-state index in [1.807, 2.05) is 6.92 Å². The van der Waals surface area contributed by atoms with Gasteiger partial charge in [0.25, 0.3) is 0 Å². The van der Waals surface area contributed by atoms with Gasteiger partial charge in [-0.2, -0.15) is 0 Å². The molecule has 146 valence electrons. The lowest BCUT2D eigenvalue weighted by Gasteiger charge is -2.32. The molecule has 2 N–H and O–H groups in total. The van der Waals surface area contributed by atoms with Gasteiger partial charge in [-0.1, -0.05) is 13.0 Å². The van der Waals surface area contributed by atoms with E-state index in [9.17, 15) is 4.39 Å². The molecule has 2 rings (SSSR count). The molecule has 1 aliphatic heterocycles. The molecule has 26 heavy (non-hydrogen) atoms. The summed E-state index contributed by atoms with van der Waals surface area (Å²) in [6.07, 6.45) is 3.36. The van der Waals surface area contributed by atoms with Gasteiger partial charge >= 0.3 is 0 Å². The second-order valence-electron chi connectivity index (χ2n) is 6.87. The maximum Gasteiger partial charge on any atom is 0.191 e. The molecule has 1 saturated heterocycles. The first-order valence-electron chi connectivity index (χ1n) is 9.80. The molecule has 1 aromatic carbocycles. The Bertz CT molecular complexity index is 558. The number of ether oxygens (including phenoxy) is 1. The summed E-state index contributed by atoms with van der Waals surface area (Å²) in [5.41, 5.74) is 0. The van der Waals surface area contributed by atoms with E-state index >= 15 is 0 Å². The fourth-order valence-corrected chi connectivity index (χ4v) is 3.16. The highest BCUT2D eigenvalue weighted by molar-refractivity contribution is 5.80. The van der Waals surface area contributed by atoms with Crippen LogP contribution in [0.3, 0.4) is 0 Å². The molecule has 0 bridgehead atoms. The van der Waals surface area contributed by atoms with Crippen molar-refractivity contribution in [3.05, 3.63) is 30.1 Å². The summed E-state index contributed by atoms with van der Waals surface area (Å²) >= 11 is 0. The zero-order chi connectivity index (χ0) is 18.8. The topological polar surface area (TPSA) is 48.9 Å². The van der Waals surface area contributed by atoms with Gasteiger partial charge in [-0.15, -0.1) is 0 Å². The van der Waals surface area contributed by atoms with E-state index < -0.39 is 0 Å². The minimum Gasteiger partial charge on any atom is -0.489 e. The van der Waals surface area contributed by atoms with E-state index in [0.717, 1.165) is 38.4 Å². The van der Waals surface area contributed by atoms with Crippen molar-refractivity contribution in [1.29, 1.82) is 0 Å². The number of aliphatic imine (C=N–C) groups is 1. The predicted molar refractivity (Wildman–Crippen MR) is 105 cm³/mol. The second kappa shape index (κ2) is 11.0. The van der Waals surface area contributed by atoms with Crippen LogP contribution in [0.4, 0.5) is 4.39 Å². The minimum atomic E-state index is -0.289. The number of benzene rings is 1. The Morgan fingerprint density at radius 3 is 2.77 bits per heavy atom. The highest BCUT2D eigenvalue weighted by atomic mass is 19.1. The highest BCUT2D eigenvalue weighted by Crippen LogP contribution is 2.14. The molecule has 0 radical (unpaired) electrons. The number of rotatable bonds is 8. The lowest BCUT2D eigenvalue weighted by molar-refractivity contribution is 0.206. The van der Waals surface area contributed by atoms with Crippen LogP contribution < -0.4 is 15.4 Å². The largest absolute Gasteiger partial charge is 0.489 e. The van der Waals surface area contributed by atoms with Crippen LogP contribution in [0, 0.1) is 5.82 Å². The molecule has 1 aliphatic rings. The summed E-state index contributed by atoms with van der Waals surface area (Å²) in [6, 6.07) is 6.68. The third kappa shape index (κ3) is 7.20. The van der Waals surface area contributed by atoms with Crippen molar-refractivity contribution in [2.24, 2.45) is 4.99 Å². The molecular formula is C20H33FN4O. The summed E-state index contributed by atoms with van der Waals surface area (Å²) in [6.45, 7) is 11.0. The van der Waals surface area contributed by atoms with Crippen molar-refractivity contribution in [1.82, 2.24) is 15.5 Å². The van der Waals surface area contributed by atoms with Crippen molar-refractivity contribution >= 4 is 5.96 Å². The van der Waals surface area contributed by atoms with Crippen molar-refractivity contribution in [3.63, 3.8) is 0 Å². The summed E-state index contributed by atoms with van der Waals surface area (Å²) in [4.78, 5) is 7.17. The molecule has 0 aliphatic carbocycles. The number of hydrogen-bond donors (Lipinski definition) is 2. The van der Waals surface area contributed by atoms with Gasteiger partial charge in [0.2, 0.25) is 0 Å². The Balaban J connectivity index is 1.82. The number of guanidine groups is 1. The van der Waals surface area contributed by atoms with Crippen LogP contribution in [0.25, 0.3) is 0 Å². The summed E-state index contributed by atoms with van der Waals surface area (Å²) in [5.74, 6) is 1.08. The van der Waals surface area contributed by atoms with Crippen LogP contribution in [0.2, 0.25) is 0 Å². The molecule has 0 amide bonds. The molecule has 1 aromatic rings. The Kier molecular flexibility index (Phi) is 8.68. The first-order chi connectivity index (χ1) is 12.6. The number of hydrogen-bond acceptors (Lipinski definition) is 3. The minimum absolute atomic E-state index is 0.126. The van der Waals surface area contributed by atoms with Gasteiger partial charge in [0.05, 0.1) is 6.54 Å². The molecule has 5 nitrogen and oxygen atoms in total. The average molecular weight is 365 g/mol. The molecule has 0 saturated carbocycles. The maximum atomic E-state index is 13.2. The van der Waals surface area contributed by atoms with Crippen molar-refractivity contribution in [2.75, 3.05) is 32.7 Å². The third-order valence-electron chi connectivity index (χ3n) is 4.45. The quantitative estimate of drug-likeness (QED) is 0.550. The van der Waals surface area contributed by atoms with E-state index in [0.29, 0.717) is 18.3 Å². The molecule has 6 heteroatoms. The van der Waals surface area contributed by atoms with Crippen LogP contribution in [-0.4, -0.2) is 55.7 Å². The second-order valence-corrected chi connectivity index (χ2v) is 6.87. The Labute approximate surface area is 157 Å². The fraction of sp³-hybridized carbons (Fsp3) is 0.650. The monoisotopic (exact) mass is 364 g/mol. The zero-order valence-corrected chi connectivity index (χ0v) is 16.3. The van der Waals surface area contributed by atoms with E-state index in [1.54, 1.807) is 12.1 Å². The Hall–Kier alpha value is -1.82. The predicted octanol–water partition coefficient (Wildman–Crippen LogP) is 3.02. The standard InChI is InChI=1S/C20H33FN4O/c1-4-11-25-12-9-18(10-13-25)24-20(22-5-2)23-15-16(3)26-19-8-6-7-17(21)14-19/h6-8,14,16,18H,4-5,9-13,15H2,1-3H3,(H2,22,23,24). The maximum absolute atomic E-state index is 13.2. The summed E-state index contributed by atoms with van der Waals surface area (Å²) < 4.78 is 19.0. The van der Waals surface area contributed by atoms with Crippen LogP contribution in [0.5, 0.6) is 5.75 Å². The first-order valence-corrected chi connectivity index (χ1v) is 9.80. The van der Waals surface area contributed by atoms with Crippen molar-refractivity contribution in [3.8, 4) is 5.75 Å². The van der Waals surface area contributed by atoms with E-state index in [2.05, 4.69) is 34.4 Å². The number of nitrogens with zero attached hydrogens (tertiary/aromatic N) is 2. The highest BCUT2D eigenvalue weighted by Gasteiger charge is 2.19. The molecular weight excluding hydrogens is 331 g/mol. The molecule has 1 heterocycles. The van der Waals surface area contributed by atoms with Gasteiger partial charge < -0.3 is 20.3 Å². The van der Waals surface area contributed by atoms with Gasteiger partial charge in [0, 0.05) is 31.7 Å². The lowest BCUT2D eigenvalue weighted by atomic mass is 10.1. The van der Waals surface area contributed by atoms with E-state index in [1.165, 1.54) is 25.1 Å². The van der Waals surface area contributed by atoms with Gasteiger partial charge in [-0.05, 0) is 51.8 Å². The number of halogens is 1. The average Bonchev–Trinajstić information content (AvgIpc) is 2.62. The fourth-order valence-electron chi connectivity index (χ4n) is 3.16. The molecule has 1 atom stereocenters. The Morgan fingerprint density at radius 2 is 2.12 bits per heavy atom. The van der Waals surface area contributed by atoms with Crippen LogP contribution in [0.1, 0.15) is 40.0 Å². The zero-order valence-electron chi connectivity index (χ0n) is 16.3. The van der Waals surface area contributed by atoms with E-state index in [-0.39, 0.29) is 11.9 Å². The van der Waals surface area contributed by atoms with Gasteiger partial charge in [0.1, 0.15) is 17.7 Å². The van der Waals surface area contributed by atoms with Gasteiger partial charge in [-0.25, -0.2) is 9.38 Å². The molecule has 0 spiro atoms. The number of piperidine rings is 1. The Morgan fingerprint density at radius 1 is 1.35 bits per heavy atom. The molecule has 1 unspecified atom stereocenters. The van der Waals surface area contributed by atoms with E-state index in [4.69, 9.17) is 4.74 Å². The normalized spacial score (nSPS) is 17.8. The van der Waals surface area contributed by atoms with Crippen LogP contribution in [-0.2, 0) is 0 Å². The van der Waals surface area contributed by atoms with Crippen LogP contribution in [0.15, 0.2) is 29.3 Å². The van der Waals surface area contributed by atoms with Gasteiger partial charge in [0.15, 0.2) is 5.96 Å². The SMILES string of the molecule is CCCN1CCC(NC(=NCC(C)Oc2cccc(F)c2)NCC)CC1. The van der Waals surface area contributed by atoms with Crippen molar-refractivity contribution < 1.29 is 9.13 Å².